The average molecular weight is 210 g/mol. The van der Waals surface area contributed by atoms with Crippen LogP contribution in [-0.4, -0.2) is 36.6 Å². The number of piperidine rings is 1. The predicted octanol–water partition coefficient (Wildman–Crippen LogP) is 2.25. The maximum absolute atomic E-state index is 3.52. The molecule has 0 amide bonds. The summed E-state index contributed by atoms with van der Waals surface area (Å²) in [5.74, 6) is 0.898. The van der Waals surface area contributed by atoms with Crippen LogP contribution in [0.3, 0.4) is 0 Å². The van der Waals surface area contributed by atoms with E-state index in [1.54, 1.807) is 0 Å². The third-order valence-electron chi connectivity index (χ3n) is 4.44. The molecule has 2 saturated heterocycles. The summed E-state index contributed by atoms with van der Waals surface area (Å²) in [6, 6.07) is 1.67. The monoisotopic (exact) mass is 210 g/mol. The van der Waals surface area contributed by atoms with Crippen molar-refractivity contribution in [3.8, 4) is 0 Å². The minimum atomic E-state index is 0.807. The second-order valence-corrected chi connectivity index (χ2v) is 5.43. The van der Waals surface area contributed by atoms with E-state index in [0.29, 0.717) is 0 Å². The molecule has 88 valence electrons. The highest BCUT2D eigenvalue weighted by molar-refractivity contribution is 4.85. The lowest BCUT2D eigenvalue weighted by Crippen LogP contribution is -2.48. The minimum Gasteiger partial charge on any atom is -0.317 e. The molecule has 0 radical (unpaired) electrons. The van der Waals surface area contributed by atoms with Gasteiger partial charge in [0.15, 0.2) is 0 Å². The average Bonchev–Trinajstić information content (AvgIpc) is 2.50. The van der Waals surface area contributed by atoms with E-state index in [9.17, 15) is 0 Å². The van der Waals surface area contributed by atoms with Crippen LogP contribution in [0.15, 0.2) is 0 Å². The van der Waals surface area contributed by atoms with Crippen molar-refractivity contribution in [2.24, 2.45) is 5.92 Å². The largest absolute Gasteiger partial charge is 0.317 e. The van der Waals surface area contributed by atoms with Gasteiger partial charge in [0.25, 0.3) is 0 Å². The van der Waals surface area contributed by atoms with Crippen molar-refractivity contribution in [1.82, 2.24) is 10.2 Å². The van der Waals surface area contributed by atoms with Crippen LogP contribution in [0.5, 0.6) is 0 Å². The van der Waals surface area contributed by atoms with Gasteiger partial charge >= 0.3 is 0 Å². The quantitative estimate of drug-likeness (QED) is 0.714. The van der Waals surface area contributed by atoms with E-state index < -0.39 is 0 Å². The molecule has 2 aliphatic rings. The van der Waals surface area contributed by atoms with Crippen molar-refractivity contribution in [1.29, 1.82) is 0 Å². The summed E-state index contributed by atoms with van der Waals surface area (Å²) in [6.07, 6.45) is 6.97. The number of nitrogens with one attached hydrogen (secondary N) is 1. The highest BCUT2D eigenvalue weighted by Gasteiger charge is 2.30. The van der Waals surface area contributed by atoms with Gasteiger partial charge in [-0.1, -0.05) is 6.92 Å². The van der Waals surface area contributed by atoms with Crippen molar-refractivity contribution < 1.29 is 0 Å². The number of rotatable bonds is 1. The van der Waals surface area contributed by atoms with Crippen LogP contribution in [-0.2, 0) is 0 Å². The van der Waals surface area contributed by atoms with Crippen molar-refractivity contribution in [2.45, 2.75) is 58.0 Å². The summed E-state index contributed by atoms with van der Waals surface area (Å²) in [5.41, 5.74) is 0. The van der Waals surface area contributed by atoms with Crippen molar-refractivity contribution in [3.05, 3.63) is 0 Å². The number of likely N-dealkylation sites (tertiary alicyclic amines) is 1. The number of hydrogen-bond acceptors (Lipinski definition) is 2. The fraction of sp³-hybridized carbons (Fsp3) is 1.00. The Morgan fingerprint density at radius 3 is 2.73 bits per heavy atom. The summed E-state index contributed by atoms with van der Waals surface area (Å²) in [4.78, 5) is 2.79. The molecule has 0 aliphatic carbocycles. The molecule has 0 aromatic carbocycles. The van der Waals surface area contributed by atoms with Crippen LogP contribution in [0.1, 0.15) is 46.0 Å². The fourth-order valence-corrected chi connectivity index (χ4v) is 3.21. The van der Waals surface area contributed by atoms with Gasteiger partial charge in [-0.15, -0.1) is 0 Å². The summed E-state index contributed by atoms with van der Waals surface area (Å²) in [6.45, 7) is 8.65. The van der Waals surface area contributed by atoms with Crippen molar-refractivity contribution in [2.75, 3.05) is 19.6 Å². The van der Waals surface area contributed by atoms with E-state index in [0.717, 1.165) is 18.0 Å². The topological polar surface area (TPSA) is 15.3 Å². The summed E-state index contributed by atoms with van der Waals surface area (Å²) >= 11 is 0. The van der Waals surface area contributed by atoms with Gasteiger partial charge in [0, 0.05) is 12.1 Å². The zero-order chi connectivity index (χ0) is 10.7. The third kappa shape index (κ3) is 2.73. The molecule has 3 atom stereocenters. The zero-order valence-corrected chi connectivity index (χ0v) is 10.3. The molecule has 1 N–H and O–H groups in total. The van der Waals surface area contributed by atoms with Crippen LogP contribution >= 0.6 is 0 Å². The second-order valence-electron chi connectivity index (χ2n) is 5.43. The lowest BCUT2D eigenvalue weighted by Gasteiger charge is -2.42. The first kappa shape index (κ1) is 11.4. The fourth-order valence-electron chi connectivity index (χ4n) is 3.21. The van der Waals surface area contributed by atoms with Crippen LogP contribution in [0, 0.1) is 5.92 Å². The first-order valence-corrected chi connectivity index (χ1v) is 6.75. The van der Waals surface area contributed by atoms with Crippen molar-refractivity contribution in [3.63, 3.8) is 0 Å². The summed E-state index contributed by atoms with van der Waals surface area (Å²) in [7, 11) is 0. The van der Waals surface area contributed by atoms with E-state index in [1.165, 1.54) is 51.7 Å². The van der Waals surface area contributed by atoms with Crippen molar-refractivity contribution >= 4 is 0 Å². The van der Waals surface area contributed by atoms with Gasteiger partial charge in [0.1, 0.15) is 0 Å². The standard InChI is InChI=1S/C13H26N2/c1-11-5-4-10-15(12(11)2)13-6-3-8-14-9-7-13/h11-14H,3-10H2,1-2H3. The van der Waals surface area contributed by atoms with Gasteiger partial charge in [-0.05, 0) is 64.6 Å². The molecule has 2 heterocycles. The first-order valence-electron chi connectivity index (χ1n) is 6.75. The number of hydrogen-bond donors (Lipinski definition) is 1. The molecule has 2 nitrogen and oxygen atoms in total. The summed E-state index contributed by atoms with van der Waals surface area (Å²) in [5, 5.41) is 3.52. The SMILES string of the molecule is CC1CCCN(C2CCCNCC2)C1C. The first-order chi connectivity index (χ1) is 7.29. The van der Waals surface area contributed by atoms with Crippen LogP contribution in [0.4, 0.5) is 0 Å². The van der Waals surface area contributed by atoms with E-state index in [-0.39, 0.29) is 0 Å². The Hall–Kier alpha value is -0.0800. The zero-order valence-electron chi connectivity index (χ0n) is 10.3. The molecule has 15 heavy (non-hydrogen) atoms. The molecule has 0 aromatic heterocycles. The van der Waals surface area contributed by atoms with Gasteiger partial charge in [-0.3, -0.25) is 4.90 Å². The van der Waals surface area contributed by atoms with Crippen LogP contribution in [0.2, 0.25) is 0 Å². The van der Waals surface area contributed by atoms with Gasteiger partial charge in [0.05, 0.1) is 0 Å². The minimum absolute atomic E-state index is 0.807. The van der Waals surface area contributed by atoms with E-state index in [4.69, 9.17) is 0 Å². The lowest BCUT2D eigenvalue weighted by molar-refractivity contribution is 0.0623. The normalized spacial score (nSPS) is 40.0. The van der Waals surface area contributed by atoms with E-state index in [1.807, 2.05) is 0 Å². The molecule has 2 heteroatoms. The van der Waals surface area contributed by atoms with Crippen LogP contribution in [0.25, 0.3) is 0 Å². The molecular weight excluding hydrogens is 184 g/mol. The van der Waals surface area contributed by atoms with E-state index >= 15 is 0 Å². The summed E-state index contributed by atoms with van der Waals surface area (Å²) < 4.78 is 0. The Morgan fingerprint density at radius 1 is 1.00 bits per heavy atom. The number of nitrogens with zero attached hydrogens (tertiary/aromatic N) is 1. The van der Waals surface area contributed by atoms with Gasteiger partial charge < -0.3 is 5.32 Å². The Balaban J connectivity index is 1.94. The molecule has 3 unspecified atom stereocenters. The Morgan fingerprint density at radius 2 is 1.87 bits per heavy atom. The molecule has 0 bridgehead atoms. The highest BCUT2D eigenvalue weighted by atomic mass is 15.2. The maximum atomic E-state index is 3.52. The maximum Gasteiger partial charge on any atom is 0.0111 e. The molecular formula is C13H26N2. The molecule has 2 rings (SSSR count). The van der Waals surface area contributed by atoms with Gasteiger partial charge in [0.2, 0.25) is 0 Å². The van der Waals surface area contributed by atoms with E-state index in [2.05, 4.69) is 24.1 Å². The lowest BCUT2D eigenvalue weighted by atomic mass is 9.89. The Bertz CT molecular complexity index is 185. The molecule has 0 spiro atoms. The van der Waals surface area contributed by atoms with Gasteiger partial charge in [-0.2, -0.15) is 0 Å². The van der Waals surface area contributed by atoms with Gasteiger partial charge in [-0.25, -0.2) is 0 Å². The molecule has 2 aliphatic heterocycles. The smallest absolute Gasteiger partial charge is 0.0111 e. The molecule has 0 aromatic rings. The molecule has 0 saturated carbocycles. The Labute approximate surface area is 94.4 Å². The third-order valence-corrected chi connectivity index (χ3v) is 4.44. The molecule has 2 fully saturated rings. The second kappa shape index (κ2) is 5.31. The Kier molecular flexibility index (Phi) is 4.04. The van der Waals surface area contributed by atoms with Crippen LogP contribution < -0.4 is 5.32 Å². The predicted molar refractivity (Wildman–Crippen MR) is 65.1 cm³/mol. The highest BCUT2D eigenvalue weighted by Crippen LogP contribution is 2.27.